The Kier molecular flexibility index (Phi) is 19.3. The molecule has 5 heterocycles. The lowest BCUT2D eigenvalue weighted by Crippen LogP contribution is -2.41. The highest BCUT2D eigenvalue weighted by Gasteiger charge is 2.52. The molecule has 1 aliphatic heterocycles. The summed E-state index contributed by atoms with van der Waals surface area (Å²) < 4.78 is 27.1. The zero-order valence-corrected chi connectivity index (χ0v) is 62.3. The quantitative estimate of drug-likeness (QED) is 0.106. The number of rotatable bonds is 12. The molecule has 0 bridgehead atoms. The van der Waals surface area contributed by atoms with Crippen LogP contribution in [0.4, 0.5) is 0 Å². The predicted octanol–water partition coefficient (Wildman–Crippen LogP) is 24.3. The van der Waals surface area contributed by atoms with Crippen molar-refractivity contribution in [2.45, 2.75) is 38.9 Å². The summed E-state index contributed by atoms with van der Waals surface area (Å²) in [6, 6.07) is 118. The van der Waals surface area contributed by atoms with Crippen LogP contribution in [0.5, 0.6) is 0 Å². The van der Waals surface area contributed by atoms with Gasteiger partial charge in [-0.05, 0) is 127 Å². The normalized spacial score (nSPS) is 12.7. The molecule has 112 heavy (non-hydrogen) atoms. The van der Waals surface area contributed by atoms with Crippen LogP contribution in [-0.2, 0) is 9.31 Å². The van der Waals surface area contributed by atoms with Gasteiger partial charge in [0.2, 0.25) is 5.28 Å². The molecule has 4 aromatic heterocycles. The summed E-state index contributed by atoms with van der Waals surface area (Å²) >= 11 is 5.99. The van der Waals surface area contributed by atoms with Gasteiger partial charge in [0.15, 0.2) is 29.1 Å². The number of hydrogen-bond acceptors (Lipinski definition) is 12. The van der Waals surface area contributed by atoms with E-state index in [4.69, 9.17) is 44.7 Å². The van der Waals surface area contributed by atoms with Gasteiger partial charge in [0.1, 0.15) is 22.3 Å². The van der Waals surface area contributed by atoms with E-state index in [1.165, 1.54) is 0 Å². The number of fused-ring (bicyclic) bond motifs is 6. The summed E-state index contributed by atoms with van der Waals surface area (Å²) in [6.07, 6.45) is 0. The molecular weight excluding hydrogens is 1400 g/mol. The Morgan fingerprint density at radius 1 is 0.277 bits per heavy atom. The molecule has 0 aliphatic carbocycles. The Morgan fingerprint density at radius 3 is 0.964 bits per heavy atom. The van der Waals surface area contributed by atoms with Crippen LogP contribution in [0.15, 0.2) is 349 Å². The largest absolute Gasteiger partial charge is 0.495 e. The van der Waals surface area contributed by atoms with Crippen LogP contribution in [0.25, 0.3) is 168 Å². The summed E-state index contributed by atoms with van der Waals surface area (Å²) in [6.45, 7) is 8.26. The van der Waals surface area contributed by atoms with Crippen molar-refractivity contribution in [3.8, 4) is 136 Å². The minimum absolute atomic E-state index is 0.202. The lowest BCUT2D eigenvalue weighted by atomic mass is 9.75. The van der Waals surface area contributed by atoms with Gasteiger partial charge in [0, 0.05) is 82.7 Å². The lowest BCUT2D eigenvalue weighted by Gasteiger charge is -2.32. The van der Waals surface area contributed by atoms with E-state index in [9.17, 15) is 10.5 Å². The monoisotopic (exact) mass is 1470 g/mol. The molecule has 14 heteroatoms. The van der Waals surface area contributed by atoms with Crippen LogP contribution in [0.1, 0.15) is 38.8 Å². The van der Waals surface area contributed by atoms with Crippen molar-refractivity contribution in [2.75, 3.05) is 0 Å². The van der Waals surface area contributed by atoms with Gasteiger partial charge in [-0.25, -0.2) is 19.9 Å². The molecule has 1 saturated heterocycles. The fourth-order valence-electron chi connectivity index (χ4n) is 14.4. The van der Waals surface area contributed by atoms with Crippen molar-refractivity contribution in [1.82, 2.24) is 29.9 Å². The number of furan rings is 2. The molecule has 0 saturated carbocycles. The zero-order valence-electron chi connectivity index (χ0n) is 61.5. The highest BCUT2D eigenvalue weighted by atomic mass is 35.5. The predicted molar refractivity (Wildman–Crippen MR) is 451 cm³/mol. The van der Waals surface area contributed by atoms with Gasteiger partial charge in [-0.15, -0.1) is 0 Å². The van der Waals surface area contributed by atoms with Gasteiger partial charge in [-0.1, -0.05) is 291 Å². The molecule has 0 radical (unpaired) electrons. The molecule has 0 atom stereocenters. The first kappa shape index (κ1) is 70.9. The summed E-state index contributed by atoms with van der Waals surface area (Å²) in [7, 11) is -0.584. The van der Waals surface area contributed by atoms with Crippen LogP contribution in [-0.4, -0.2) is 48.2 Å². The molecule has 1 aliphatic rings. The van der Waals surface area contributed by atoms with Gasteiger partial charge in [-0.3, -0.25) is 0 Å². The van der Waals surface area contributed by atoms with E-state index in [1.807, 2.05) is 231 Å². The average molecular weight is 1470 g/mol. The van der Waals surface area contributed by atoms with Crippen LogP contribution in [0.3, 0.4) is 0 Å². The van der Waals surface area contributed by atoms with Crippen LogP contribution in [0.2, 0.25) is 5.28 Å². The molecule has 0 N–H and O–H groups in total. The number of benzene rings is 14. The van der Waals surface area contributed by atoms with Crippen molar-refractivity contribution in [3.63, 3.8) is 0 Å². The molecule has 0 amide bonds. The second kappa shape index (κ2) is 30.5. The summed E-state index contributed by atoms with van der Waals surface area (Å²) in [5.74, 6) is 2.85. The van der Waals surface area contributed by atoms with Crippen molar-refractivity contribution in [3.05, 3.63) is 356 Å². The van der Waals surface area contributed by atoms with E-state index in [-0.39, 0.29) is 5.28 Å². The Morgan fingerprint density at radius 2 is 0.580 bits per heavy atom. The molecule has 0 spiro atoms. The SMILES string of the molecule is CC1(C)OB(c2ccc(-c3ccccc3C#N)c3oc4c(-c5ccccc5)cc(-c5ccccc5)cc4c23)OC1(C)C.Clc1nc(-c2ccccc2)nc(-c2ccccc2)n1.N#Cc1ccccc1-c1ccc(-c2nc(-c3ccccc3)nc(-c3ccccc3)n2)c2c1oc1c(-c3ccccc3)cc(-c3ccccc3)cc12. The lowest BCUT2D eigenvalue weighted by molar-refractivity contribution is 0.00578. The standard InChI is InChI=1S/C46H28N4O.C37H30BNO3.C15H10ClN3/c47-29-34-23-13-14-24-36(34)37-25-26-38(46-49-44(32-19-9-3-10-20-32)48-45(50-46)33-21-11-4-12-22-33)41-40-28-35(30-15-5-1-6-16-30)27-39(42(40)51-43(37)41)31-17-7-2-8-18-31;1-36(2)37(3,4)42-38(41-36)32-20-19-29(28-18-12-11-17-26(28)23-39)35-33(32)31-22-27(24-13-7-5-8-14-24)21-30(34(31)40-35)25-15-9-6-10-16-25;16-15-18-13(11-7-3-1-4-8-11)17-14(19-15)12-9-5-2-6-10-12/h1-28H;5-22H,1-4H3;1-10H. The second-order valence-electron chi connectivity index (χ2n) is 28.2. The fourth-order valence-corrected chi connectivity index (χ4v) is 14.5. The van der Waals surface area contributed by atoms with Crippen molar-refractivity contribution in [1.29, 1.82) is 10.5 Å². The molecule has 18 aromatic rings. The molecule has 534 valence electrons. The second-order valence-corrected chi connectivity index (χ2v) is 28.5. The van der Waals surface area contributed by atoms with Gasteiger partial charge in [0.25, 0.3) is 0 Å². The van der Waals surface area contributed by atoms with Gasteiger partial charge >= 0.3 is 7.12 Å². The summed E-state index contributed by atoms with van der Waals surface area (Å²) in [5, 5.41) is 24.0. The van der Waals surface area contributed by atoms with Crippen molar-refractivity contribution in [2.24, 2.45) is 0 Å². The fraction of sp³-hybridized carbons (Fsp3) is 0.0612. The van der Waals surface area contributed by atoms with Crippen LogP contribution >= 0.6 is 11.6 Å². The maximum atomic E-state index is 10.1. The first-order chi connectivity index (χ1) is 54.8. The third kappa shape index (κ3) is 14.0. The molecular formula is C98H68BClN8O4. The molecule has 14 aromatic carbocycles. The van der Waals surface area contributed by atoms with E-state index in [1.54, 1.807) is 0 Å². The van der Waals surface area contributed by atoms with Gasteiger partial charge < -0.3 is 18.1 Å². The van der Waals surface area contributed by atoms with Crippen molar-refractivity contribution < 1.29 is 18.1 Å². The third-order valence-corrected chi connectivity index (χ3v) is 20.8. The first-order valence-corrected chi connectivity index (χ1v) is 37.3. The third-order valence-electron chi connectivity index (χ3n) is 20.7. The zero-order chi connectivity index (χ0) is 76.3. The van der Waals surface area contributed by atoms with E-state index in [2.05, 4.69) is 164 Å². The Bertz CT molecular complexity index is 6470. The minimum atomic E-state index is -0.584. The Hall–Kier alpha value is -14.0. The maximum Gasteiger partial charge on any atom is 0.495 e. The molecule has 19 rings (SSSR count). The highest BCUT2D eigenvalue weighted by Crippen LogP contribution is 2.48. The number of nitrogens with zero attached hydrogens (tertiary/aromatic N) is 8. The topological polar surface area (TPSA) is 170 Å². The Labute approximate surface area is 653 Å². The average Bonchev–Trinajstić information content (AvgIpc) is 1.57. The number of aromatic nitrogens is 6. The first-order valence-electron chi connectivity index (χ1n) is 36.9. The summed E-state index contributed by atoms with van der Waals surface area (Å²) in [5.41, 5.74) is 20.2. The number of hydrogen-bond donors (Lipinski definition) is 0. The van der Waals surface area contributed by atoms with Gasteiger partial charge in [-0.2, -0.15) is 20.5 Å². The van der Waals surface area contributed by atoms with E-state index < -0.39 is 18.3 Å². The smallest absolute Gasteiger partial charge is 0.455 e. The summed E-state index contributed by atoms with van der Waals surface area (Å²) in [4.78, 5) is 28.0. The van der Waals surface area contributed by atoms with E-state index in [0.717, 1.165) is 133 Å². The number of nitriles is 2. The number of halogens is 1. The van der Waals surface area contributed by atoms with E-state index in [0.29, 0.717) is 51.4 Å². The Balaban J connectivity index is 0.000000134. The highest BCUT2D eigenvalue weighted by molar-refractivity contribution is 6.66. The van der Waals surface area contributed by atoms with Gasteiger partial charge in [0.05, 0.1) is 34.5 Å². The molecule has 0 unspecified atom stereocenters. The maximum absolute atomic E-state index is 10.1. The van der Waals surface area contributed by atoms with Crippen LogP contribution in [0, 0.1) is 22.7 Å². The van der Waals surface area contributed by atoms with Crippen LogP contribution < -0.4 is 5.46 Å². The molecule has 1 fully saturated rings. The molecule has 12 nitrogen and oxygen atoms in total. The minimum Gasteiger partial charge on any atom is -0.455 e. The van der Waals surface area contributed by atoms with E-state index >= 15 is 0 Å². The van der Waals surface area contributed by atoms with Crippen molar-refractivity contribution >= 4 is 68.1 Å².